The van der Waals surface area contributed by atoms with Gasteiger partial charge in [0.25, 0.3) is 0 Å². The molecule has 0 fully saturated rings. The van der Waals surface area contributed by atoms with Crippen LogP contribution >= 0.6 is 0 Å². The molecule has 2 aromatic rings. The van der Waals surface area contributed by atoms with Gasteiger partial charge in [0.2, 0.25) is 0 Å². The third-order valence-corrected chi connectivity index (χ3v) is 4.10. The molecule has 0 aliphatic carbocycles. The van der Waals surface area contributed by atoms with Crippen LogP contribution in [0.3, 0.4) is 0 Å². The number of nitrogens with zero attached hydrogens (tertiary/aromatic N) is 2. The monoisotopic (exact) mass is 328 g/mol. The highest BCUT2D eigenvalue weighted by molar-refractivity contribution is 5.88. The maximum absolute atomic E-state index is 12.2. The number of aromatic nitrogens is 1. The largest absolute Gasteiger partial charge is 0.477 e. The highest BCUT2D eigenvalue weighted by Crippen LogP contribution is 2.13. The lowest BCUT2D eigenvalue weighted by atomic mass is 10.0. The van der Waals surface area contributed by atoms with Crippen LogP contribution < -0.4 is 5.43 Å². The molecule has 0 bridgehead atoms. The Balaban J connectivity index is 2.43. The summed E-state index contributed by atoms with van der Waals surface area (Å²) in [5.41, 5.74) is 2.02. The maximum atomic E-state index is 12.2. The molecule has 1 aromatic carbocycles. The number of likely N-dealkylation sites (N-methyl/N-ethyl adjacent to an activating group) is 1. The van der Waals surface area contributed by atoms with E-state index in [4.69, 9.17) is 0 Å². The summed E-state index contributed by atoms with van der Waals surface area (Å²) in [6.07, 6.45) is 1.22. The van der Waals surface area contributed by atoms with Crippen LogP contribution in [0.5, 0.6) is 0 Å². The quantitative estimate of drug-likeness (QED) is 0.846. The molecule has 0 spiro atoms. The summed E-state index contributed by atoms with van der Waals surface area (Å²) in [7, 11) is 3.94. The first-order chi connectivity index (χ1) is 11.4. The fraction of sp³-hybridized carbons (Fsp3) is 0.368. The second-order valence-electron chi connectivity index (χ2n) is 6.22. The Morgan fingerprint density at radius 2 is 1.83 bits per heavy atom. The van der Waals surface area contributed by atoms with Crippen molar-refractivity contribution in [2.45, 2.75) is 26.3 Å². The zero-order valence-electron chi connectivity index (χ0n) is 14.5. The third-order valence-electron chi connectivity index (χ3n) is 4.10. The van der Waals surface area contributed by atoms with Crippen molar-refractivity contribution in [1.82, 2.24) is 9.47 Å². The SMILES string of the molecule is Cc1cc(=O)c(C(=O)O)c(CCc2ccccc2)n1CCN(C)C. The van der Waals surface area contributed by atoms with Crippen molar-refractivity contribution >= 4 is 5.97 Å². The Hall–Kier alpha value is -2.40. The molecule has 1 aromatic heterocycles. The lowest BCUT2D eigenvalue weighted by molar-refractivity contribution is 0.0693. The van der Waals surface area contributed by atoms with Crippen molar-refractivity contribution in [3.63, 3.8) is 0 Å². The summed E-state index contributed by atoms with van der Waals surface area (Å²) in [6.45, 7) is 3.29. The summed E-state index contributed by atoms with van der Waals surface area (Å²) in [5.74, 6) is -1.15. The lowest BCUT2D eigenvalue weighted by Gasteiger charge is -2.20. The minimum atomic E-state index is -1.15. The van der Waals surface area contributed by atoms with E-state index < -0.39 is 11.4 Å². The van der Waals surface area contributed by atoms with Gasteiger partial charge in [-0.25, -0.2) is 4.79 Å². The number of carbonyl (C=O) groups is 1. The zero-order chi connectivity index (χ0) is 17.7. The van der Waals surface area contributed by atoms with Crippen LogP contribution in [0.1, 0.15) is 27.3 Å². The van der Waals surface area contributed by atoms with E-state index in [2.05, 4.69) is 0 Å². The van der Waals surface area contributed by atoms with Crippen molar-refractivity contribution in [1.29, 1.82) is 0 Å². The van der Waals surface area contributed by atoms with Gasteiger partial charge in [-0.15, -0.1) is 0 Å². The molecule has 0 atom stereocenters. The molecular formula is C19H24N2O3. The van der Waals surface area contributed by atoms with Crippen molar-refractivity contribution in [3.05, 3.63) is 69.1 Å². The van der Waals surface area contributed by atoms with Crippen molar-refractivity contribution in [2.24, 2.45) is 0 Å². The van der Waals surface area contributed by atoms with E-state index in [9.17, 15) is 14.7 Å². The Bertz CT molecular complexity index is 764. The molecule has 1 heterocycles. The van der Waals surface area contributed by atoms with Crippen LogP contribution in [-0.4, -0.2) is 41.2 Å². The summed E-state index contributed by atoms with van der Waals surface area (Å²) in [4.78, 5) is 25.9. The predicted molar refractivity (Wildman–Crippen MR) is 94.8 cm³/mol. The summed E-state index contributed by atoms with van der Waals surface area (Å²) < 4.78 is 1.97. The zero-order valence-corrected chi connectivity index (χ0v) is 14.5. The second-order valence-corrected chi connectivity index (χ2v) is 6.22. The van der Waals surface area contributed by atoms with Crippen LogP contribution in [0.25, 0.3) is 0 Å². The summed E-state index contributed by atoms with van der Waals surface area (Å²) in [6, 6.07) is 11.3. The number of rotatable bonds is 7. The normalized spacial score (nSPS) is 11.0. The van der Waals surface area contributed by atoms with E-state index in [1.165, 1.54) is 6.07 Å². The van der Waals surface area contributed by atoms with Crippen LogP contribution in [-0.2, 0) is 19.4 Å². The summed E-state index contributed by atoms with van der Waals surface area (Å²) >= 11 is 0. The first-order valence-corrected chi connectivity index (χ1v) is 8.05. The van der Waals surface area contributed by atoms with Crippen LogP contribution in [0.15, 0.2) is 41.2 Å². The van der Waals surface area contributed by atoms with Gasteiger partial charge in [-0.2, -0.15) is 0 Å². The standard InChI is InChI=1S/C19H24N2O3/c1-14-13-17(22)18(19(23)24)16(21(14)12-11-20(2)3)10-9-15-7-5-4-6-8-15/h4-8,13H,9-12H2,1-3H3,(H,23,24). The number of aromatic carboxylic acids is 1. The molecule has 5 heteroatoms. The lowest BCUT2D eigenvalue weighted by Crippen LogP contribution is -2.28. The Kier molecular flexibility index (Phi) is 5.93. The number of carboxylic acids is 1. The minimum absolute atomic E-state index is 0.102. The number of carboxylic acid groups (broad SMARTS) is 1. The Labute approximate surface area is 142 Å². The third kappa shape index (κ3) is 4.32. The molecule has 0 aliphatic heterocycles. The van der Waals surface area contributed by atoms with Gasteiger partial charge in [0, 0.05) is 30.5 Å². The number of hydrogen-bond donors (Lipinski definition) is 1. The average Bonchev–Trinajstić information content (AvgIpc) is 2.52. The topological polar surface area (TPSA) is 62.5 Å². The van der Waals surface area contributed by atoms with E-state index in [-0.39, 0.29) is 5.56 Å². The highest BCUT2D eigenvalue weighted by atomic mass is 16.4. The smallest absolute Gasteiger partial charge is 0.341 e. The van der Waals surface area contributed by atoms with Gasteiger partial charge in [-0.1, -0.05) is 30.3 Å². The highest BCUT2D eigenvalue weighted by Gasteiger charge is 2.19. The Morgan fingerprint density at radius 3 is 2.42 bits per heavy atom. The molecule has 128 valence electrons. The van der Waals surface area contributed by atoms with Crippen molar-refractivity contribution < 1.29 is 9.90 Å². The average molecular weight is 328 g/mol. The van der Waals surface area contributed by atoms with E-state index in [0.29, 0.717) is 25.1 Å². The molecule has 0 amide bonds. The van der Waals surface area contributed by atoms with Gasteiger partial charge in [0.15, 0.2) is 5.43 Å². The molecule has 0 saturated heterocycles. The fourth-order valence-electron chi connectivity index (χ4n) is 2.84. The number of pyridine rings is 1. The van der Waals surface area contributed by atoms with Gasteiger partial charge in [0.1, 0.15) is 5.56 Å². The fourth-order valence-corrected chi connectivity index (χ4v) is 2.84. The molecule has 0 radical (unpaired) electrons. The van der Waals surface area contributed by atoms with Crippen LogP contribution in [0.2, 0.25) is 0 Å². The molecule has 1 N–H and O–H groups in total. The summed E-state index contributed by atoms with van der Waals surface area (Å²) in [5, 5.41) is 9.51. The molecule has 0 saturated carbocycles. The second kappa shape index (κ2) is 7.93. The van der Waals surface area contributed by atoms with Gasteiger partial charge >= 0.3 is 5.97 Å². The molecular weight excluding hydrogens is 304 g/mol. The van der Waals surface area contributed by atoms with Gasteiger partial charge in [0.05, 0.1) is 0 Å². The van der Waals surface area contributed by atoms with E-state index >= 15 is 0 Å². The molecule has 0 aliphatic rings. The van der Waals surface area contributed by atoms with Crippen LogP contribution in [0.4, 0.5) is 0 Å². The van der Waals surface area contributed by atoms with Crippen LogP contribution in [0, 0.1) is 6.92 Å². The number of benzene rings is 1. The maximum Gasteiger partial charge on any atom is 0.341 e. The number of hydrogen-bond acceptors (Lipinski definition) is 3. The first kappa shape index (κ1) is 17.9. The first-order valence-electron chi connectivity index (χ1n) is 8.05. The molecule has 0 unspecified atom stereocenters. The van der Waals surface area contributed by atoms with Gasteiger partial charge in [-0.3, -0.25) is 4.79 Å². The predicted octanol–water partition coefficient (Wildman–Crippen LogP) is 2.20. The molecule has 5 nitrogen and oxygen atoms in total. The van der Waals surface area contributed by atoms with E-state index in [0.717, 1.165) is 17.8 Å². The molecule has 24 heavy (non-hydrogen) atoms. The van der Waals surface area contributed by atoms with Gasteiger partial charge in [-0.05, 0) is 39.4 Å². The minimum Gasteiger partial charge on any atom is -0.477 e. The number of aryl methyl sites for hydroxylation is 2. The Morgan fingerprint density at radius 1 is 1.17 bits per heavy atom. The van der Waals surface area contributed by atoms with Gasteiger partial charge < -0.3 is 14.6 Å². The molecule has 2 rings (SSSR count). The van der Waals surface area contributed by atoms with Crippen molar-refractivity contribution in [3.8, 4) is 0 Å². The van der Waals surface area contributed by atoms with Crippen molar-refractivity contribution in [2.75, 3.05) is 20.6 Å². The van der Waals surface area contributed by atoms with E-state index in [1.54, 1.807) is 0 Å². The van der Waals surface area contributed by atoms with E-state index in [1.807, 2.05) is 60.8 Å².